The number of carbonyl (C=O) groups is 2. The Labute approximate surface area is 132 Å². The molecule has 0 aliphatic rings. The summed E-state index contributed by atoms with van der Waals surface area (Å²) in [6.45, 7) is 2.07. The highest BCUT2D eigenvalue weighted by Crippen LogP contribution is 2.09. The van der Waals surface area contributed by atoms with Gasteiger partial charge in [-0.15, -0.1) is 0 Å². The van der Waals surface area contributed by atoms with Gasteiger partial charge in [0.15, 0.2) is 0 Å². The van der Waals surface area contributed by atoms with Crippen molar-refractivity contribution in [2.24, 2.45) is 0 Å². The van der Waals surface area contributed by atoms with Crippen LogP contribution in [0.3, 0.4) is 0 Å². The lowest BCUT2D eigenvalue weighted by Gasteiger charge is -2.11. The molecule has 1 amide bonds. The number of benzene rings is 1. The van der Waals surface area contributed by atoms with E-state index in [1.165, 1.54) is 12.7 Å². The summed E-state index contributed by atoms with van der Waals surface area (Å²) in [5.41, 5.74) is 1.29. The summed E-state index contributed by atoms with van der Waals surface area (Å²) in [6, 6.07) is 7.71. The van der Waals surface area contributed by atoms with Crippen LogP contribution in [0.2, 0.25) is 0 Å². The Hall–Kier alpha value is -1.01. The lowest BCUT2D eigenvalue weighted by Crippen LogP contribution is -2.37. The summed E-state index contributed by atoms with van der Waals surface area (Å²) in [5, 5.41) is 2.40. The highest BCUT2D eigenvalue weighted by Gasteiger charge is 2.16. The number of aryl methyl sites for hydroxylation is 1. The van der Waals surface area contributed by atoms with E-state index in [-0.39, 0.29) is 0 Å². The summed E-state index contributed by atoms with van der Waals surface area (Å²) in [5.74, 6) is 0.428. The summed E-state index contributed by atoms with van der Waals surface area (Å²) in [7, 11) is 1.31. The zero-order valence-electron chi connectivity index (χ0n) is 11.9. The predicted molar refractivity (Wildman–Crippen MR) is 86.9 cm³/mol. The van der Waals surface area contributed by atoms with Crippen LogP contribution < -0.4 is 5.32 Å². The predicted octanol–water partition coefficient (Wildman–Crippen LogP) is 2.78. The number of hydrogen-bond acceptors (Lipinski definition) is 4. The first-order valence-electron chi connectivity index (χ1n) is 6.03. The summed E-state index contributed by atoms with van der Waals surface area (Å²) < 4.78 is 5.64. The van der Waals surface area contributed by atoms with Crippen LogP contribution in [0.15, 0.2) is 28.7 Å². The molecule has 0 radical (unpaired) electrons. The summed E-state index contributed by atoms with van der Waals surface area (Å²) >= 11 is 4.98. The molecule has 4 nitrogen and oxygen atoms in total. The third-order valence-corrected chi connectivity index (χ3v) is 3.48. The van der Waals surface area contributed by atoms with Gasteiger partial charge >= 0.3 is 5.97 Å². The molecular formula is C14H20BrNO3S. The number of thioether (sulfide) groups is 1. The Morgan fingerprint density at radius 3 is 2.65 bits per heavy atom. The van der Waals surface area contributed by atoms with Crippen molar-refractivity contribution in [2.45, 2.75) is 19.4 Å². The maximum atomic E-state index is 11.0. The van der Waals surface area contributed by atoms with Gasteiger partial charge in [-0.25, -0.2) is 4.79 Å². The van der Waals surface area contributed by atoms with Crippen molar-refractivity contribution < 1.29 is 14.3 Å². The van der Waals surface area contributed by atoms with Crippen LogP contribution >= 0.6 is 27.7 Å². The number of halogens is 1. The number of hydrogen-bond donors (Lipinski definition) is 1. The standard InChI is InChI=1S/C7H7Br.C7H13NO3S/c1-6-3-2-4-7(8)5-6;1-11-7(10)6(8-5-9)3-4-12-2/h2-5H,1H3;5-6H,3-4H2,1-2H3,(H,8,9)/t;6-/m.0/s1. The second kappa shape index (κ2) is 11.8. The van der Waals surface area contributed by atoms with Gasteiger partial charge in [-0.2, -0.15) is 11.8 Å². The zero-order valence-corrected chi connectivity index (χ0v) is 14.3. The molecule has 112 valence electrons. The molecule has 0 aliphatic heterocycles. The van der Waals surface area contributed by atoms with Gasteiger partial charge in [0.25, 0.3) is 0 Å². The molecule has 1 atom stereocenters. The minimum atomic E-state index is -0.500. The molecule has 1 aromatic rings. The Kier molecular flexibility index (Phi) is 11.2. The van der Waals surface area contributed by atoms with Crippen LogP contribution in [0.4, 0.5) is 0 Å². The van der Waals surface area contributed by atoms with E-state index in [1.807, 2.05) is 18.4 Å². The number of ether oxygens (including phenoxy) is 1. The van der Waals surface area contributed by atoms with Gasteiger partial charge in [0.05, 0.1) is 7.11 Å². The summed E-state index contributed by atoms with van der Waals surface area (Å²) in [4.78, 5) is 21.0. The highest BCUT2D eigenvalue weighted by molar-refractivity contribution is 9.10. The number of carbonyl (C=O) groups excluding carboxylic acids is 2. The van der Waals surface area contributed by atoms with Crippen LogP contribution in [0, 0.1) is 6.92 Å². The average Bonchev–Trinajstić information content (AvgIpc) is 2.43. The van der Waals surface area contributed by atoms with Gasteiger partial charge in [0.1, 0.15) is 6.04 Å². The second-order valence-corrected chi connectivity index (χ2v) is 5.84. The van der Waals surface area contributed by atoms with Crippen molar-refractivity contribution in [1.82, 2.24) is 5.32 Å². The van der Waals surface area contributed by atoms with Crippen LogP contribution in [-0.2, 0) is 14.3 Å². The molecule has 1 aromatic carbocycles. The molecule has 1 rings (SSSR count). The Morgan fingerprint density at radius 1 is 1.55 bits per heavy atom. The Balaban J connectivity index is 0.000000388. The topological polar surface area (TPSA) is 55.4 Å². The largest absolute Gasteiger partial charge is 0.467 e. The van der Waals surface area contributed by atoms with Crippen LogP contribution in [-0.4, -0.2) is 37.5 Å². The van der Waals surface area contributed by atoms with E-state index >= 15 is 0 Å². The van der Waals surface area contributed by atoms with E-state index in [4.69, 9.17) is 0 Å². The first-order valence-corrected chi connectivity index (χ1v) is 8.22. The van der Waals surface area contributed by atoms with Gasteiger partial charge in [0.2, 0.25) is 6.41 Å². The van der Waals surface area contributed by atoms with Crippen molar-refractivity contribution in [1.29, 1.82) is 0 Å². The molecule has 0 heterocycles. The molecule has 0 fully saturated rings. The highest BCUT2D eigenvalue weighted by atomic mass is 79.9. The zero-order chi connectivity index (χ0) is 15.4. The van der Waals surface area contributed by atoms with Gasteiger partial charge in [-0.3, -0.25) is 4.79 Å². The fraction of sp³-hybridized carbons (Fsp3) is 0.429. The van der Waals surface area contributed by atoms with Gasteiger partial charge < -0.3 is 10.1 Å². The molecule has 0 saturated heterocycles. The van der Waals surface area contributed by atoms with Crippen LogP contribution in [0.25, 0.3) is 0 Å². The number of nitrogens with one attached hydrogen (secondary N) is 1. The van der Waals surface area contributed by atoms with Crippen LogP contribution in [0.1, 0.15) is 12.0 Å². The normalized spacial score (nSPS) is 10.8. The number of methoxy groups -OCH3 is 1. The number of amides is 1. The summed E-state index contributed by atoms with van der Waals surface area (Å²) in [6.07, 6.45) is 3.06. The molecule has 0 saturated carbocycles. The van der Waals surface area contributed by atoms with E-state index in [1.54, 1.807) is 11.8 Å². The minimum Gasteiger partial charge on any atom is -0.467 e. The third-order valence-electron chi connectivity index (χ3n) is 2.35. The van der Waals surface area contributed by atoms with E-state index in [0.29, 0.717) is 12.8 Å². The molecule has 0 bridgehead atoms. The quantitative estimate of drug-likeness (QED) is 0.625. The van der Waals surface area contributed by atoms with Crippen LogP contribution in [0.5, 0.6) is 0 Å². The smallest absolute Gasteiger partial charge is 0.328 e. The molecule has 0 aromatic heterocycles. The van der Waals surface area contributed by atoms with Gasteiger partial charge in [-0.1, -0.05) is 33.6 Å². The van der Waals surface area contributed by atoms with Gasteiger partial charge in [-0.05, 0) is 37.5 Å². The molecule has 20 heavy (non-hydrogen) atoms. The SMILES string of the molecule is COC(=O)[C@H](CCSC)NC=O.Cc1cccc(Br)c1. The van der Waals surface area contributed by atoms with Crippen molar-refractivity contribution in [3.63, 3.8) is 0 Å². The van der Waals surface area contributed by atoms with Gasteiger partial charge in [0, 0.05) is 4.47 Å². The van der Waals surface area contributed by atoms with E-state index in [0.717, 1.165) is 10.2 Å². The third kappa shape index (κ3) is 8.98. The Bertz CT molecular complexity index is 398. The second-order valence-electron chi connectivity index (χ2n) is 3.94. The molecule has 6 heteroatoms. The lowest BCUT2D eigenvalue weighted by molar-refractivity contribution is -0.144. The lowest BCUT2D eigenvalue weighted by atomic mass is 10.2. The maximum absolute atomic E-state index is 11.0. The average molecular weight is 362 g/mol. The fourth-order valence-electron chi connectivity index (χ4n) is 1.33. The molecule has 0 unspecified atom stereocenters. The van der Waals surface area contributed by atoms with Crippen molar-refractivity contribution >= 4 is 40.1 Å². The number of esters is 1. The van der Waals surface area contributed by atoms with E-state index in [9.17, 15) is 9.59 Å². The first kappa shape index (κ1) is 19.0. The van der Waals surface area contributed by atoms with Crippen molar-refractivity contribution in [2.75, 3.05) is 19.1 Å². The number of rotatable bonds is 6. The fourth-order valence-corrected chi connectivity index (χ4v) is 2.32. The molecule has 1 N–H and O–H groups in total. The maximum Gasteiger partial charge on any atom is 0.328 e. The van der Waals surface area contributed by atoms with E-state index in [2.05, 4.69) is 45.0 Å². The van der Waals surface area contributed by atoms with E-state index < -0.39 is 12.0 Å². The Morgan fingerprint density at radius 2 is 2.25 bits per heavy atom. The minimum absolute atomic E-state index is 0.392. The monoisotopic (exact) mass is 361 g/mol. The molecule has 0 aliphatic carbocycles. The first-order chi connectivity index (χ1) is 9.54. The molecule has 0 spiro atoms. The van der Waals surface area contributed by atoms with Crippen molar-refractivity contribution in [3.8, 4) is 0 Å². The molecular weight excluding hydrogens is 342 g/mol. The van der Waals surface area contributed by atoms with Crippen molar-refractivity contribution in [3.05, 3.63) is 34.3 Å².